The normalized spacial score (nSPS) is 15.5. The first-order valence-corrected chi connectivity index (χ1v) is 9.70. The number of aromatic amines is 1. The number of carboxylic acid groups (broad SMARTS) is 2. The van der Waals surface area contributed by atoms with Gasteiger partial charge in [-0.1, -0.05) is 12.1 Å². The fourth-order valence-electron chi connectivity index (χ4n) is 3.43. The predicted octanol–water partition coefficient (Wildman–Crippen LogP) is 0.0684. The third kappa shape index (κ3) is 5.09. The van der Waals surface area contributed by atoms with E-state index in [0.717, 1.165) is 5.56 Å². The summed E-state index contributed by atoms with van der Waals surface area (Å²) in [5.41, 5.74) is 6.26. The van der Waals surface area contributed by atoms with Gasteiger partial charge in [-0.05, 0) is 37.0 Å². The van der Waals surface area contributed by atoms with E-state index in [1.807, 2.05) is 0 Å². The molecule has 32 heavy (non-hydrogen) atoms. The van der Waals surface area contributed by atoms with E-state index < -0.39 is 35.4 Å². The van der Waals surface area contributed by atoms with Crippen LogP contribution in [-0.2, 0) is 20.8 Å². The van der Waals surface area contributed by atoms with Gasteiger partial charge < -0.3 is 26.6 Å². The molecule has 7 N–H and O–H groups in total. The van der Waals surface area contributed by atoms with Crippen LogP contribution in [0.1, 0.15) is 46.7 Å². The van der Waals surface area contributed by atoms with Crippen molar-refractivity contribution in [2.75, 3.05) is 11.1 Å². The third-order valence-corrected chi connectivity index (χ3v) is 5.07. The highest BCUT2D eigenvalue weighted by molar-refractivity contribution is 6.01. The minimum Gasteiger partial charge on any atom is -0.481 e. The molecule has 0 bridgehead atoms. The molecule has 1 aromatic carbocycles. The summed E-state index contributed by atoms with van der Waals surface area (Å²) in [4.78, 5) is 64.9. The van der Waals surface area contributed by atoms with Gasteiger partial charge in [0, 0.05) is 12.0 Å². The predicted molar refractivity (Wildman–Crippen MR) is 111 cm³/mol. The Kier molecular flexibility index (Phi) is 6.52. The Balaban J connectivity index is 1.62. The number of H-pyrrole nitrogens is 1. The molecule has 1 aliphatic heterocycles. The number of anilines is 2. The number of fused-ring (bicyclic) bond motifs is 1. The van der Waals surface area contributed by atoms with Gasteiger partial charge >= 0.3 is 11.9 Å². The van der Waals surface area contributed by atoms with E-state index >= 15 is 0 Å². The van der Waals surface area contributed by atoms with Gasteiger partial charge in [0.2, 0.25) is 11.9 Å². The quantitative estimate of drug-likeness (QED) is 0.310. The molecule has 12 heteroatoms. The molecule has 2 aromatic rings. The number of carbonyl (C=O) groups is 4. The Hall–Kier alpha value is -4.22. The lowest BCUT2D eigenvalue weighted by atomic mass is 9.94. The lowest BCUT2D eigenvalue weighted by Crippen LogP contribution is -2.41. The van der Waals surface area contributed by atoms with Crippen LogP contribution in [0.5, 0.6) is 0 Å². The van der Waals surface area contributed by atoms with Crippen LogP contribution >= 0.6 is 0 Å². The van der Waals surface area contributed by atoms with Crippen LogP contribution < -0.4 is 21.9 Å². The zero-order valence-corrected chi connectivity index (χ0v) is 16.8. The number of rotatable bonds is 9. The monoisotopic (exact) mass is 443 g/mol. The minimum atomic E-state index is -1.32. The Morgan fingerprint density at radius 1 is 1.16 bits per heavy atom. The number of nitrogens with one attached hydrogen (secondary N) is 3. The number of carboxylic acids is 2. The molecule has 0 radical (unpaired) electrons. The standard InChI is InChI=1S/C20H21N5O7/c21-20-24-15-14(18(30)25-20)11(17(29)23-15)6-3-9-1-4-10(5-2-9)16(28)22-12(19(31)32)7-8-13(26)27/h1-2,4-5,11-12H,3,6-8H2,(H,22,28)(H,26,27)(H,31,32)(H4,21,23,24,25,29,30)/t11?,12-/m0/s1. The summed E-state index contributed by atoms with van der Waals surface area (Å²) in [6.45, 7) is 0. The molecular formula is C20H21N5O7. The smallest absolute Gasteiger partial charge is 0.326 e. The van der Waals surface area contributed by atoms with E-state index in [0.29, 0.717) is 12.8 Å². The van der Waals surface area contributed by atoms with Crippen molar-refractivity contribution in [1.29, 1.82) is 0 Å². The van der Waals surface area contributed by atoms with Crippen LogP contribution in [0.15, 0.2) is 29.1 Å². The van der Waals surface area contributed by atoms with E-state index in [4.69, 9.17) is 15.9 Å². The van der Waals surface area contributed by atoms with Crippen molar-refractivity contribution in [2.45, 2.75) is 37.6 Å². The number of carbonyl (C=O) groups excluding carboxylic acids is 2. The number of aryl methyl sites for hydroxylation is 1. The second-order valence-electron chi connectivity index (χ2n) is 7.29. The summed E-state index contributed by atoms with van der Waals surface area (Å²) in [5.74, 6) is -4.09. The zero-order valence-electron chi connectivity index (χ0n) is 16.8. The van der Waals surface area contributed by atoms with Gasteiger partial charge in [0.05, 0.1) is 11.5 Å². The van der Waals surface area contributed by atoms with E-state index in [1.54, 1.807) is 12.1 Å². The number of amides is 2. The van der Waals surface area contributed by atoms with E-state index in [1.165, 1.54) is 12.1 Å². The van der Waals surface area contributed by atoms with Crippen LogP contribution in [0, 0.1) is 0 Å². The first kappa shape index (κ1) is 22.5. The van der Waals surface area contributed by atoms with Gasteiger partial charge in [0.25, 0.3) is 11.5 Å². The topological polar surface area (TPSA) is 205 Å². The van der Waals surface area contributed by atoms with Gasteiger partial charge in [0.1, 0.15) is 11.9 Å². The first-order chi connectivity index (χ1) is 15.2. The highest BCUT2D eigenvalue weighted by Crippen LogP contribution is 2.31. The number of nitrogen functional groups attached to an aromatic ring is 1. The van der Waals surface area contributed by atoms with Crippen LogP contribution in [0.4, 0.5) is 11.8 Å². The molecular weight excluding hydrogens is 422 g/mol. The van der Waals surface area contributed by atoms with Crippen LogP contribution in [0.25, 0.3) is 0 Å². The number of benzene rings is 1. The van der Waals surface area contributed by atoms with Gasteiger partial charge in [0.15, 0.2) is 0 Å². The van der Waals surface area contributed by atoms with E-state index in [2.05, 4.69) is 20.6 Å². The number of aliphatic carboxylic acids is 2. The fourth-order valence-corrected chi connectivity index (χ4v) is 3.43. The Morgan fingerprint density at radius 3 is 2.47 bits per heavy atom. The van der Waals surface area contributed by atoms with Crippen molar-refractivity contribution >= 4 is 35.5 Å². The van der Waals surface area contributed by atoms with Crippen molar-refractivity contribution in [3.8, 4) is 0 Å². The lowest BCUT2D eigenvalue weighted by Gasteiger charge is -2.14. The number of hydrogen-bond donors (Lipinski definition) is 6. The van der Waals surface area contributed by atoms with Crippen LogP contribution in [0.2, 0.25) is 0 Å². The van der Waals surface area contributed by atoms with Crippen molar-refractivity contribution in [3.63, 3.8) is 0 Å². The van der Waals surface area contributed by atoms with Gasteiger partial charge in [-0.25, -0.2) is 4.79 Å². The molecule has 2 heterocycles. The van der Waals surface area contributed by atoms with Gasteiger partial charge in [-0.3, -0.25) is 24.2 Å². The number of nitrogens with two attached hydrogens (primary N) is 1. The Bertz CT molecular complexity index is 1130. The largest absolute Gasteiger partial charge is 0.481 e. The average molecular weight is 443 g/mol. The zero-order chi connectivity index (χ0) is 23.4. The Morgan fingerprint density at radius 2 is 1.84 bits per heavy atom. The summed E-state index contributed by atoms with van der Waals surface area (Å²) in [6.07, 6.45) is 0.132. The SMILES string of the molecule is Nc1nc2c(c(=O)[nH]1)C(CCc1ccc(C(=O)N[C@@H](CCC(=O)O)C(=O)O)cc1)C(=O)N2. The number of aromatic nitrogens is 2. The third-order valence-electron chi connectivity index (χ3n) is 5.07. The average Bonchev–Trinajstić information content (AvgIpc) is 3.04. The molecule has 168 valence electrons. The molecule has 1 aliphatic rings. The van der Waals surface area contributed by atoms with Crippen molar-refractivity contribution < 1.29 is 29.4 Å². The molecule has 2 atom stereocenters. The number of hydrogen-bond acceptors (Lipinski definition) is 7. The van der Waals surface area contributed by atoms with Crippen LogP contribution in [0.3, 0.4) is 0 Å². The summed E-state index contributed by atoms with van der Waals surface area (Å²) < 4.78 is 0. The molecule has 2 amide bonds. The summed E-state index contributed by atoms with van der Waals surface area (Å²) in [5, 5.41) is 22.7. The molecule has 12 nitrogen and oxygen atoms in total. The number of nitrogens with zero attached hydrogens (tertiary/aromatic N) is 1. The van der Waals surface area contributed by atoms with E-state index in [9.17, 15) is 24.0 Å². The summed E-state index contributed by atoms with van der Waals surface area (Å²) in [6, 6.07) is 4.99. The minimum absolute atomic E-state index is 0.0864. The molecule has 0 aliphatic carbocycles. The highest BCUT2D eigenvalue weighted by atomic mass is 16.4. The summed E-state index contributed by atoms with van der Waals surface area (Å²) in [7, 11) is 0. The van der Waals surface area contributed by atoms with Crippen molar-refractivity contribution in [1.82, 2.24) is 15.3 Å². The lowest BCUT2D eigenvalue weighted by molar-refractivity contribution is -0.140. The second-order valence-corrected chi connectivity index (χ2v) is 7.29. The molecule has 0 saturated carbocycles. The second kappa shape index (κ2) is 9.29. The maximum Gasteiger partial charge on any atom is 0.326 e. The molecule has 3 rings (SSSR count). The Labute approximate surface area is 180 Å². The van der Waals surface area contributed by atoms with Crippen molar-refractivity contribution in [3.05, 3.63) is 51.3 Å². The fraction of sp³-hybridized carbons (Fsp3) is 0.300. The molecule has 0 spiro atoms. The molecule has 1 unspecified atom stereocenters. The maximum absolute atomic E-state index is 12.3. The van der Waals surface area contributed by atoms with E-state index in [-0.39, 0.29) is 41.6 Å². The highest BCUT2D eigenvalue weighted by Gasteiger charge is 2.34. The van der Waals surface area contributed by atoms with Crippen LogP contribution in [-0.4, -0.2) is 50.0 Å². The molecule has 0 fully saturated rings. The van der Waals surface area contributed by atoms with Crippen molar-refractivity contribution in [2.24, 2.45) is 0 Å². The van der Waals surface area contributed by atoms with Gasteiger partial charge in [-0.2, -0.15) is 4.98 Å². The maximum atomic E-state index is 12.3. The molecule has 0 saturated heterocycles. The first-order valence-electron chi connectivity index (χ1n) is 9.70. The summed E-state index contributed by atoms with van der Waals surface area (Å²) >= 11 is 0. The van der Waals surface area contributed by atoms with Gasteiger partial charge in [-0.15, -0.1) is 0 Å². The molecule has 1 aromatic heterocycles.